The van der Waals surface area contributed by atoms with Crippen LogP contribution in [-0.4, -0.2) is 23.0 Å². The lowest BCUT2D eigenvalue weighted by Crippen LogP contribution is -2.28. The number of methoxy groups -OCH3 is 1. The molecule has 0 fully saturated rings. The number of nitrogens with one attached hydrogen (secondary N) is 1. The number of benzene rings is 1. The number of ether oxygens (including phenoxy) is 2. The Bertz CT molecular complexity index is 958. The van der Waals surface area contributed by atoms with Gasteiger partial charge in [-0.05, 0) is 25.5 Å². The molecule has 5 heteroatoms. The molecule has 2 aromatic heterocycles. The van der Waals surface area contributed by atoms with Crippen molar-refractivity contribution in [3.05, 3.63) is 60.0 Å². The van der Waals surface area contributed by atoms with Crippen molar-refractivity contribution in [1.82, 2.24) is 9.97 Å². The zero-order valence-corrected chi connectivity index (χ0v) is 14.3. The molecule has 0 radical (unpaired) electrons. The van der Waals surface area contributed by atoms with Crippen molar-refractivity contribution in [2.75, 3.05) is 7.11 Å². The minimum Gasteiger partial charge on any atom is -0.481 e. The summed E-state index contributed by atoms with van der Waals surface area (Å²) in [4.78, 5) is 19.6. The van der Waals surface area contributed by atoms with Crippen LogP contribution in [0.3, 0.4) is 0 Å². The number of esters is 1. The van der Waals surface area contributed by atoms with Gasteiger partial charge in [0.25, 0.3) is 0 Å². The van der Waals surface area contributed by atoms with E-state index in [4.69, 9.17) is 9.47 Å². The number of rotatable bonds is 2. The largest absolute Gasteiger partial charge is 0.481 e. The van der Waals surface area contributed by atoms with Crippen molar-refractivity contribution in [3.8, 4) is 28.1 Å². The van der Waals surface area contributed by atoms with Crippen LogP contribution in [0.25, 0.3) is 22.4 Å². The van der Waals surface area contributed by atoms with Crippen LogP contribution in [0.1, 0.15) is 29.9 Å². The second kappa shape index (κ2) is 5.48. The van der Waals surface area contributed by atoms with Crippen molar-refractivity contribution >= 4 is 5.97 Å². The van der Waals surface area contributed by atoms with E-state index in [1.54, 1.807) is 12.3 Å². The van der Waals surface area contributed by atoms with Crippen molar-refractivity contribution in [2.45, 2.75) is 19.4 Å². The molecule has 0 atom stereocenters. The number of aromatic amines is 1. The molecule has 0 amide bonds. The fourth-order valence-electron chi connectivity index (χ4n) is 3.29. The van der Waals surface area contributed by atoms with Gasteiger partial charge < -0.3 is 14.5 Å². The summed E-state index contributed by atoms with van der Waals surface area (Å²) in [6.07, 6.45) is 3.53. The van der Waals surface area contributed by atoms with Gasteiger partial charge >= 0.3 is 5.97 Å². The first kappa shape index (κ1) is 15.4. The van der Waals surface area contributed by atoms with E-state index in [-0.39, 0.29) is 0 Å². The fourth-order valence-corrected chi connectivity index (χ4v) is 3.29. The maximum Gasteiger partial charge on any atom is 0.354 e. The van der Waals surface area contributed by atoms with Gasteiger partial charge in [-0.1, -0.05) is 30.3 Å². The van der Waals surface area contributed by atoms with Crippen molar-refractivity contribution in [3.63, 3.8) is 0 Å². The van der Waals surface area contributed by atoms with E-state index in [1.165, 1.54) is 7.11 Å². The van der Waals surface area contributed by atoms with Crippen LogP contribution in [-0.2, 0) is 10.3 Å². The molecule has 1 aromatic carbocycles. The van der Waals surface area contributed by atoms with Gasteiger partial charge in [0.15, 0.2) is 0 Å². The molecule has 1 N–H and O–H groups in total. The molecule has 1 aliphatic rings. The molecule has 126 valence electrons. The number of H-pyrrole nitrogens is 1. The quantitative estimate of drug-likeness (QED) is 0.715. The Kier molecular flexibility index (Phi) is 3.39. The monoisotopic (exact) mass is 334 g/mol. The van der Waals surface area contributed by atoms with E-state index in [0.29, 0.717) is 11.4 Å². The highest BCUT2D eigenvalue weighted by Gasteiger charge is 2.37. The third-order valence-electron chi connectivity index (χ3n) is 4.48. The Morgan fingerprint density at radius 2 is 1.96 bits per heavy atom. The molecule has 0 saturated heterocycles. The van der Waals surface area contributed by atoms with Crippen molar-refractivity contribution < 1.29 is 14.3 Å². The van der Waals surface area contributed by atoms with E-state index in [1.807, 2.05) is 50.4 Å². The normalized spacial score (nSPS) is 14.2. The maximum atomic E-state index is 12.0. The van der Waals surface area contributed by atoms with E-state index in [0.717, 1.165) is 27.9 Å². The van der Waals surface area contributed by atoms with Crippen molar-refractivity contribution in [1.29, 1.82) is 0 Å². The van der Waals surface area contributed by atoms with Gasteiger partial charge in [0, 0.05) is 17.3 Å². The van der Waals surface area contributed by atoms with E-state index in [2.05, 4.69) is 9.97 Å². The van der Waals surface area contributed by atoms with Crippen LogP contribution in [0.5, 0.6) is 5.75 Å². The van der Waals surface area contributed by atoms with Gasteiger partial charge in [-0.15, -0.1) is 0 Å². The third-order valence-corrected chi connectivity index (χ3v) is 4.48. The molecule has 25 heavy (non-hydrogen) atoms. The number of hydrogen-bond acceptors (Lipinski definition) is 4. The molecular formula is C20H18N2O3. The van der Waals surface area contributed by atoms with Crippen LogP contribution >= 0.6 is 0 Å². The maximum absolute atomic E-state index is 12.0. The molecule has 0 saturated carbocycles. The number of carbonyl (C=O) groups is 1. The summed E-state index contributed by atoms with van der Waals surface area (Å²) >= 11 is 0. The van der Waals surface area contributed by atoms with Crippen LogP contribution < -0.4 is 4.74 Å². The highest BCUT2D eigenvalue weighted by atomic mass is 16.5. The predicted octanol–water partition coefficient (Wildman–Crippen LogP) is 4.16. The average molecular weight is 334 g/mol. The molecular weight excluding hydrogens is 316 g/mol. The third kappa shape index (κ3) is 2.39. The van der Waals surface area contributed by atoms with Gasteiger partial charge in [-0.25, -0.2) is 4.79 Å². The fraction of sp³-hybridized carbons (Fsp3) is 0.200. The molecule has 0 unspecified atom stereocenters. The standard InChI is InChI=1S/C20H18N2O3/c1-20(2)14-9-15(19(23)24-3)22-18(14)17-13(10-21-11-16(17)25-20)12-7-5-4-6-8-12/h4-11,22H,1-3H3. The number of aromatic nitrogens is 2. The number of nitrogens with zero attached hydrogens (tertiary/aromatic N) is 1. The number of fused-ring (bicyclic) bond motifs is 3. The highest BCUT2D eigenvalue weighted by Crippen LogP contribution is 2.48. The Morgan fingerprint density at radius 1 is 1.20 bits per heavy atom. The Balaban J connectivity index is 1.99. The van der Waals surface area contributed by atoms with Crippen LogP contribution in [0.15, 0.2) is 48.8 Å². The summed E-state index contributed by atoms with van der Waals surface area (Å²) in [5.41, 5.74) is 4.51. The zero-order valence-electron chi connectivity index (χ0n) is 14.3. The molecule has 3 aromatic rings. The lowest BCUT2D eigenvalue weighted by atomic mass is 9.88. The van der Waals surface area contributed by atoms with Crippen LogP contribution in [0.2, 0.25) is 0 Å². The minimum atomic E-state index is -0.581. The second-order valence-electron chi connectivity index (χ2n) is 6.50. The van der Waals surface area contributed by atoms with Crippen LogP contribution in [0, 0.1) is 0 Å². The van der Waals surface area contributed by atoms with Gasteiger partial charge in [0.05, 0.1) is 24.6 Å². The van der Waals surface area contributed by atoms with Gasteiger partial charge in [0.1, 0.15) is 17.0 Å². The van der Waals surface area contributed by atoms with E-state index < -0.39 is 11.6 Å². The summed E-state index contributed by atoms with van der Waals surface area (Å²) < 4.78 is 11.1. The van der Waals surface area contributed by atoms with Gasteiger partial charge in [-0.2, -0.15) is 0 Å². The molecule has 0 aliphatic carbocycles. The average Bonchev–Trinajstić information content (AvgIpc) is 3.07. The lowest BCUT2D eigenvalue weighted by Gasteiger charge is -2.33. The molecule has 4 rings (SSSR count). The first-order valence-corrected chi connectivity index (χ1v) is 8.06. The molecule has 1 aliphatic heterocycles. The topological polar surface area (TPSA) is 64.2 Å². The first-order valence-electron chi connectivity index (χ1n) is 8.06. The zero-order chi connectivity index (χ0) is 17.6. The summed E-state index contributed by atoms with van der Waals surface area (Å²) in [7, 11) is 1.37. The van der Waals surface area contributed by atoms with Crippen molar-refractivity contribution in [2.24, 2.45) is 0 Å². The summed E-state index contributed by atoms with van der Waals surface area (Å²) in [6, 6.07) is 11.8. The molecule has 5 nitrogen and oxygen atoms in total. The summed E-state index contributed by atoms with van der Waals surface area (Å²) in [5.74, 6) is 0.291. The number of pyridine rings is 1. The smallest absolute Gasteiger partial charge is 0.354 e. The molecule has 0 spiro atoms. The minimum absolute atomic E-state index is 0.401. The number of hydrogen-bond donors (Lipinski definition) is 1. The Labute approximate surface area is 145 Å². The summed E-state index contributed by atoms with van der Waals surface area (Å²) in [5, 5.41) is 0. The SMILES string of the molecule is COC(=O)c1cc2c([nH]1)-c1c(cncc1-c1ccccc1)OC2(C)C. The molecule has 3 heterocycles. The molecule has 0 bridgehead atoms. The van der Waals surface area contributed by atoms with Crippen LogP contribution in [0.4, 0.5) is 0 Å². The predicted molar refractivity (Wildman–Crippen MR) is 94.5 cm³/mol. The first-order chi connectivity index (χ1) is 12.0. The Morgan fingerprint density at radius 3 is 2.68 bits per heavy atom. The summed E-state index contributed by atoms with van der Waals surface area (Å²) in [6.45, 7) is 3.94. The number of carbonyl (C=O) groups excluding carboxylic acids is 1. The highest BCUT2D eigenvalue weighted by molar-refractivity contribution is 5.93. The van der Waals surface area contributed by atoms with Gasteiger partial charge in [-0.3, -0.25) is 4.98 Å². The second-order valence-corrected chi connectivity index (χ2v) is 6.50. The van der Waals surface area contributed by atoms with E-state index >= 15 is 0 Å². The Hall–Kier alpha value is -3.08. The van der Waals surface area contributed by atoms with Gasteiger partial charge in [0.2, 0.25) is 0 Å². The lowest BCUT2D eigenvalue weighted by molar-refractivity contribution is 0.0595. The van der Waals surface area contributed by atoms with E-state index in [9.17, 15) is 4.79 Å².